The molecule has 0 aromatic heterocycles. The van der Waals surface area contributed by atoms with Crippen molar-refractivity contribution in [1.82, 2.24) is 0 Å². The molecule has 0 bridgehead atoms. The van der Waals surface area contributed by atoms with Crippen molar-refractivity contribution in [2.45, 2.75) is 6.61 Å². The molecule has 0 N–H and O–H groups in total. The molecule has 0 unspecified atom stereocenters. The van der Waals surface area contributed by atoms with Gasteiger partial charge >= 0.3 is 0 Å². The van der Waals surface area contributed by atoms with E-state index in [1.54, 1.807) is 36.4 Å². The smallest absolute Gasteiger partial charge is 0.165 e. The largest absolute Gasteiger partial charge is 0.494 e. The van der Waals surface area contributed by atoms with Gasteiger partial charge in [-0.1, -0.05) is 6.07 Å². The molecule has 2 aromatic carbocycles. The van der Waals surface area contributed by atoms with Crippen molar-refractivity contribution in [1.29, 1.82) is 0 Å². The summed E-state index contributed by atoms with van der Waals surface area (Å²) in [5.74, 6) is 0.417. The Morgan fingerprint density at radius 1 is 1.16 bits per heavy atom. The molecule has 0 aliphatic heterocycles. The summed E-state index contributed by atoms with van der Waals surface area (Å²) in [6.07, 6.45) is 0.766. The molecule has 2 aromatic rings. The van der Waals surface area contributed by atoms with E-state index >= 15 is 0 Å². The van der Waals surface area contributed by atoms with E-state index in [9.17, 15) is 9.18 Å². The van der Waals surface area contributed by atoms with Gasteiger partial charge in [-0.15, -0.1) is 0 Å². The molecular formula is C15H13FO3. The summed E-state index contributed by atoms with van der Waals surface area (Å²) in [5, 5.41) is 0. The highest BCUT2D eigenvalue weighted by molar-refractivity contribution is 5.74. The summed E-state index contributed by atoms with van der Waals surface area (Å²) in [6, 6.07) is 11.4. The zero-order chi connectivity index (χ0) is 13.7. The summed E-state index contributed by atoms with van der Waals surface area (Å²) in [4.78, 5) is 10.5. The van der Waals surface area contributed by atoms with E-state index in [0.29, 0.717) is 16.9 Å². The van der Waals surface area contributed by atoms with Crippen LogP contribution in [0.25, 0.3) is 0 Å². The Kier molecular flexibility index (Phi) is 4.13. The fourth-order valence-corrected chi connectivity index (χ4v) is 1.61. The maximum absolute atomic E-state index is 13.5. The number of benzene rings is 2. The average Bonchev–Trinajstić information content (AvgIpc) is 2.46. The van der Waals surface area contributed by atoms with Crippen molar-refractivity contribution in [2.24, 2.45) is 0 Å². The second-order valence-corrected chi connectivity index (χ2v) is 3.94. The quantitative estimate of drug-likeness (QED) is 0.774. The normalized spacial score (nSPS) is 10.0. The lowest BCUT2D eigenvalue weighted by Gasteiger charge is -2.08. The van der Waals surface area contributed by atoms with Crippen molar-refractivity contribution >= 4 is 6.29 Å². The third-order valence-electron chi connectivity index (χ3n) is 2.64. The van der Waals surface area contributed by atoms with Gasteiger partial charge in [0.15, 0.2) is 11.6 Å². The molecule has 0 heterocycles. The molecule has 0 aliphatic rings. The molecule has 0 atom stereocenters. The van der Waals surface area contributed by atoms with Crippen LogP contribution in [-0.4, -0.2) is 13.4 Å². The first-order valence-corrected chi connectivity index (χ1v) is 5.73. The first-order chi connectivity index (χ1) is 9.22. The average molecular weight is 260 g/mol. The fourth-order valence-electron chi connectivity index (χ4n) is 1.61. The van der Waals surface area contributed by atoms with Gasteiger partial charge in [-0.05, 0) is 42.0 Å². The van der Waals surface area contributed by atoms with Crippen LogP contribution in [0.15, 0.2) is 42.5 Å². The topological polar surface area (TPSA) is 35.5 Å². The first-order valence-electron chi connectivity index (χ1n) is 5.73. The Morgan fingerprint density at radius 2 is 1.89 bits per heavy atom. The lowest BCUT2D eigenvalue weighted by Crippen LogP contribution is -1.97. The number of ether oxygens (including phenoxy) is 2. The third kappa shape index (κ3) is 3.31. The SMILES string of the molecule is COc1ccc(COc2ccc(C=O)cc2)cc1F. The lowest BCUT2D eigenvalue weighted by molar-refractivity contribution is 0.112. The van der Waals surface area contributed by atoms with Gasteiger partial charge in [0.05, 0.1) is 7.11 Å². The Hall–Kier alpha value is -2.36. The zero-order valence-corrected chi connectivity index (χ0v) is 10.4. The van der Waals surface area contributed by atoms with E-state index in [0.717, 1.165) is 6.29 Å². The van der Waals surface area contributed by atoms with E-state index in [1.165, 1.54) is 13.2 Å². The Morgan fingerprint density at radius 3 is 2.47 bits per heavy atom. The molecule has 4 heteroatoms. The molecule has 0 saturated carbocycles. The molecule has 0 radical (unpaired) electrons. The van der Waals surface area contributed by atoms with Crippen LogP contribution in [-0.2, 0) is 6.61 Å². The number of aldehydes is 1. The van der Waals surface area contributed by atoms with Crippen molar-refractivity contribution in [2.75, 3.05) is 7.11 Å². The molecule has 98 valence electrons. The number of carbonyl (C=O) groups excluding carboxylic acids is 1. The molecule has 2 rings (SSSR count). The molecule has 19 heavy (non-hydrogen) atoms. The minimum Gasteiger partial charge on any atom is -0.494 e. The van der Waals surface area contributed by atoms with Crippen molar-refractivity contribution in [3.8, 4) is 11.5 Å². The van der Waals surface area contributed by atoms with Crippen LogP contribution in [0.2, 0.25) is 0 Å². The number of halogens is 1. The van der Waals surface area contributed by atoms with Gasteiger partial charge in [0.1, 0.15) is 18.6 Å². The van der Waals surface area contributed by atoms with Gasteiger partial charge in [0.2, 0.25) is 0 Å². The molecule has 3 nitrogen and oxygen atoms in total. The molecule has 0 aliphatic carbocycles. The van der Waals surface area contributed by atoms with Crippen LogP contribution in [0.5, 0.6) is 11.5 Å². The van der Waals surface area contributed by atoms with Gasteiger partial charge < -0.3 is 9.47 Å². The predicted molar refractivity (Wildman–Crippen MR) is 69.1 cm³/mol. The van der Waals surface area contributed by atoms with Crippen LogP contribution in [0.3, 0.4) is 0 Å². The number of methoxy groups -OCH3 is 1. The predicted octanol–water partition coefficient (Wildman–Crippen LogP) is 3.23. The van der Waals surface area contributed by atoms with E-state index in [1.807, 2.05) is 0 Å². The highest BCUT2D eigenvalue weighted by Crippen LogP contribution is 2.19. The van der Waals surface area contributed by atoms with Gasteiger partial charge in [-0.2, -0.15) is 0 Å². The maximum Gasteiger partial charge on any atom is 0.165 e. The Balaban J connectivity index is 2.01. The van der Waals surface area contributed by atoms with Crippen LogP contribution in [0.4, 0.5) is 4.39 Å². The van der Waals surface area contributed by atoms with Gasteiger partial charge in [-0.25, -0.2) is 4.39 Å². The highest BCUT2D eigenvalue weighted by Gasteiger charge is 2.04. The standard InChI is InChI=1S/C15H13FO3/c1-18-15-7-4-12(8-14(15)16)10-19-13-5-2-11(9-17)3-6-13/h2-9H,10H2,1H3. The van der Waals surface area contributed by atoms with Crippen molar-refractivity contribution < 1.29 is 18.7 Å². The number of hydrogen-bond acceptors (Lipinski definition) is 3. The Bertz CT molecular complexity index is 564. The number of hydrogen-bond donors (Lipinski definition) is 0. The molecule has 0 fully saturated rings. The van der Waals surface area contributed by atoms with Crippen LogP contribution in [0, 0.1) is 5.82 Å². The monoisotopic (exact) mass is 260 g/mol. The van der Waals surface area contributed by atoms with Crippen molar-refractivity contribution in [3.63, 3.8) is 0 Å². The second-order valence-electron chi connectivity index (χ2n) is 3.94. The van der Waals surface area contributed by atoms with E-state index in [4.69, 9.17) is 9.47 Å². The minimum absolute atomic E-state index is 0.207. The molecule has 0 spiro atoms. The first kappa shape index (κ1) is 13.1. The number of rotatable bonds is 5. The van der Waals surface area contributed by atoms with E-state index in [-0.39, 0.29) is 12.4 Å². The summed E-state index contributed by atoms with van der Waals surface area (Å²) in [5.41, 5.74) is 1.29. The fraction of sp³-hybridized carbons (Fsp3) is 0.133. The highest BCUT2D eigenvalue weighted by atomic mass is 19.1. The third-order valence-corrected chi connectivity index (χ3v) is 2.64. The summed E-state index contributed by atoms with van der Waals surface area (Å²) < 4.78 is 23.8. The minimum atomic E-state index is -0.417. The van der Waals surface area contributed by atoms with Gasteiger partial charge in [-0.3, -0.25) is 4.79 Å². The zero-order valence-electron chi connectivity index (χ0n) is 10.4. The van der Waals surface area contributed by atoms with Crippen LogP contribution >= 0.6 is 0 Å². The van der Waals surface area contributed by atoms with Crippen LogP contribution in [0.1, 0.15) is 15.9 Å². The number of carbonyl (C=O) groups is 1. The van der Waals surface area contributed by atoms with Gasteiger partial charge in [0, 0.05) is 5.56 Å². The van der Waals surface area contributed by atoms with Crippen LogP contribution < -0.4 is 9.47 Å². The lowest BCUT2D eigenvalue weighted by atomic mass is 10.2. The summed E-state index contributed by atoms with van der Waals surface area (Å²) in [6.45, 7) is 0.251. The van der Waals surface area contributed by atoms with E-state index in [2.05, 4.69) is 0 Å². The van der Waals surface area contributed by atoms with E-state index < -0.39 is 5.82 Å². The maximum atomic E-state index is 13.5. The second kappa shape index (κ2) is 6.00. The Labute approximate surface area is 110 Å². The summed E-state index contributed by atoms with van der Waals surface area (Å²) >= 11 is 0. The molecule has 0 amide bonds. The molecular weight excluding hydrogens is 247 g/mol. The van der Waals surface area contributed by atoms with Gasteiger partial charge in [0.25, 0.3) is 0 Å². The van der Waals surface area contributed by atoms with Crippen molar-refractivity contribution in [3.05, 3.63) is 59.4 Å². The molecule has 0 saturated heterocycles. The summed E-state index contributed by atoms with van der Waals surface area (Å²) in [7, 11) is 1.42.